The number of aliphatic hydroxyl groups excluding tert-OH is 1. The minimum absolute atomic E-state index is 0.255. The van der Waals surface area contributed by atoms with E-state index in [0.717, 1.165) is 0 Å². The summed E-state index contributed by atoms with van der Waals surface area (Å²) in [5.74, 6) is 0.255. The van der Waals surface area contributed by atoms with Gasteiger partial charge in [0.25, 0.3) is 0 Å². The molecular weight excluding hydrogens is 164 g/mol. The van der Waals surface area contributed by atoms with Gasteiger partial charge in [0.1, 0.15) is 0 Å². The maximum atomic E-state index is 9.74. The molecule has 2 atom stereocenters. The van der Waals surface area contributed by atoms with Crippen LogP contribution in [0.4, 0.5) is 0 Å². The number of hydrogen-bond acceptors (Lipinski definition) is 3. The molecule has 0 aromatic rings. The standard InChI is InChI=1S/C10H24N2O/c1-7(9(2,3)11)6-8(13)10(4,5)12/h7-8,13H,6,11-12H2,1-5H3/t7-,8-/m1/s1. The molecule has 0 saturated heterocycles. The summed E-state index contributed by atoms with van der Waals surface area (Å²) >= 11 is 0. The summed E-state index contributed by atoms with van der Waals surface area (Å²) in [7, 11) is 0. The Morgan fingerprint density at radius 2 is 1.46 bits per heavy atom. The first-order valence-corrected chi connectivity index (χ1v) is 4.81. The summed E-state index contributed by atoms with van der Waals surface area (Å²) in [6.07, 6.45) is 0.151. The number of rotatable bonds is 4. The van der Waals surface area contributed by atoms with Crippen LogP contribution >= 0.6 is 0 Å². The zero-order chi connectivity index (χ0) is 10.9. The van der Waals surface area contributed by atoms with E-state index >= 15 is 0 Å². The third kappa shape index (κ3) is 4.60. The fourth-order valence-corrected chi connectivity index (χ4v) is 0.942. The van der Waals surface area contributed by atoms with Crippen molar-refractivity contribution in [1.82, 2.24) is 0 Å². The molecule has 0 amide bonds. The monoisotopic (exact) mass is 188 g/mol. The van der Waals surface area contributed by atoms with Crippen LogP contribution in [-0.4, -0.2) is 22.3 Å². The SMILES string of the molecule is C[C@H](C[C@@H](O)C(C)(C)N)C(C)(C)N. The van der Waals surface area contributed by atoms with E-state index in [-0.39, 0.29) is 11.5 Å². The van der Waals surface area contributed by atoms with Gasteiger partial charge in [-0.3, -0.25) is 0 Å². The van der Waals surface area contributed by atoms with Crippen LogP contribution in [0.2, 0.25) is 0 Å². The van der Waals surface area contributed by atoms with Gasteiger partial charge < -0.3 is 16.6 Å². The Morgan fingerprint density at radius 1 is 1.08 bits per heavy atom. The van der Waals surface area contributed by atoms with Gasteiger partial charge in [0.05, 0.1) is 6.10 Å². The Balaban J connectivity index is 4.15. The smallest absolute Gasteiger partial charge is 0.0717 e. The molecule has 0 aliphatic heterocycles. The Labute approximate surface area is 81.5 Å². The second kappa shape index (κ2) is 3.95. The van der Waals surface area contributed by atoms with Gasteiger partial charge in [0.2, 0.25) is 0 Å². The minimum Gasteiger partial charge on any atom is -0.391 e. The molecule has 0 bridgehead atoms. The van der Waals surface area contributed by atoms with Gasteiger partial charge in [-0.05, 0) is 40.0 Å². The van der Waals surface area contributed by atoms with Crippen LogP contribution in [0.5, 0.6) is 0 Å². The predicted molar refractivity (Wildman–Crippen MR) is 56.3 cm³/mol. The minimum atomic E-state index is -0.542. The van der Waals surface area contributed by atoms with Gasteiger partial charge in [-0.1, -0.05) is 6.92 Å². The second-order valence-electron chi connectivity index (χ2n) is 5.30. The van der Waals surface area contributed by atoms with E-state index in [1.54, 1.807) is 0 Å². The lowest BCUT2D eigenvalue weighted by atomic mass is 9.82. The van der Waals surface area contributed by atoms with Crippen LogP contribution < -0.4 is 11.5 Å². The normalized spacial score (nSPS) is 18.5. The Kier molecular flexibility index (Phi) is 3.91. The van der Waals surface area contributed by atoms with E-state index < -0.39 is 11.6 Å². The van der Waals surface area contributed by atoms with Crippen molar-refractivity contribution in [3.63, 3.8) is 0 Å². The molecule has 0 aromatic heterocycles. The molecule has 0 aliphatic rings. The van der Waals surface area contributed by atoms with Crippen molar-refractivity contribution in [1.29, 1.82) is 0 Å². The average Bonchev–Trinajstić information content (AvgIpc) is 1.82. The number of hydrogen-bond donors (Lipinski definition) is 3. The topological polar surface area (TPSA) is 72.3 Å². The second-order valence-corrected chi connectivity index (χ2v) is 5.30. The summed E-state index contributed by atoms with van der Waals surface area (Å²) < 4.78 is 0. The summed E-state index contributed by atoms with van der Waals surface area (Å²) in [4.78, 5) is 0. The summed E-state index contributed by atoms with van der Waals surface area (Å²) in [6, 6.07) is 0. The Morgan fingerprint density at radius 3 is 1.69 bits per heavy atom. The van der Waals surface area contributed by atoms with Crippen LogP contribution in [0.15, 0.2) is 0 Å². The van der Waals surface area contributed by atoms with E-state index in [0.29, 0.717) is 6.42 Å². The third-order valence-electron chi connectivity index (χ3n) is 2.71. The Hall–Kier alpha value is -0.120. The molecule has 13 heavy (non-hydrogen) atoms. The lowest BCUT2D eigenvalue weighted by molar-refractivity contribution is 0.0694. The highest BCUT2D eigenvalue weighted by Crippen LogP contribution is 2.22. The van der Waals surface area contributed by atoms with Crippen LogP contribution in [0.1, 0.15) is 41.0 Å². The summed E-state index contributed by atoms with van der Waals surface area (Å²) in [5.41, 5.74) is 10.9. The molecule has 0 fully saturated rings. The van der Waals surface area contributed by atoms with E-state index in [2.05, 4.69) is 0 Å². The van der Waals surface area contributed by atoms with Crippen molar-refractivity contribution in [3.8, 4) is 0 Å². The lowest BCUT2D eigenvalue weighted by Crippen LogP contribution is -2.49. The zero-order valence-corrected chi connectivity index (χ0v) is 9.46. The van der Waals surface area contributed by atoms with Gasteiger partial charge in [-0.2, -0.15) is 0 Å². The van der Waals surface area contributed by atoms with Crippen LogP contribution in [-0.2, 0) is 0 Å². The van der Waals surface area contributed by atoms with Crippen molar-refractivity contribution >= 4 is 0 Å². The van der Waals surface area contributed by atoms with Crippen LogP contribution in [0, 0.1) is 5.92 Å². The maximum absolute atomic E-state index is 9.74. The highest BCUT2D eigenvalue weighted by Gasteiger charge is 2.29. The summed E-state index contributed by atoms with van der Waals surface area (Å²) in [5, 5.41) is 9.74. The van der Waals surface area contributed by atoms with Gasteiger partial charge in [-0.15, -0.1) is 0 Å². The first-order valence-electron chi connectivity index (χ1n) is 4.81. The molecule has 0 spiro atoms. The number of aliphatic hydroxyl groups is 1. The molecule has 0 heterocycles. The largest absolute Gasteiger partial charge is 0.391 e. The quantitative estimate of drug-likeness (QED) is 0.612. The first kappa shape index (κ1) is 12.9. The highest BCUT2D eigenvalue weighted by atomic mass is 16.3. The van der Waals surface area contributed by atoms with E-state index in [1.165, 1.54) is 0 Å². The molecule has 3 nitrogen and oxygen atoms in total. The fraction of sp³-hybridized carbons (Fsp3) is 1.00. The molecular formula is C10H24N2O. The molecule has 0 rings (SSSR count). The molecule has 5 N–H and O–H groups in total. The zero-order valence-electron chi connectivity index (χ0n) is 9.46. The van der Waals surface area contributed by atoms with Crippen molar-refractivity contribution in [2.45, 2.75) is 58.2 Å². The van der Waals surface area contributed by atoms with Gasteiger partial charge in [0.15, 0.2) is 0 Å². The highest BCUT2D eigenvalue weighted by molar-refractivity contribution is 4.88. The molecule has 0 radical (unpaired) electrons. The lowest BCUT2D eigenvalue weighted by Gasteiger charge is -2.33. The van der Waals surface area contributed by atoms with Gasteiger partial charge >= 0.3 is 0 Å². The number of nitrogens with two attached hydrogens (primary N) is 2. The van der Waals surface area contributed by atoms with Crippen molar-refractivity contribution in [2.24, 2.45) is 17.4 Å². The molecule has 0 unspecified atom stereocenters. The molecule has 80 valence electrons. The van der Waals surface area contributed by atoms with Crippen LogP contribution in [0.3, 0.4) is 0 Å². The molecule has 0 saturated carbocycles. The third-order valence-corrected chi connectivity index (χ3v) is 2.71. The van der Waals surface area contributed by atoms with Gasteiger partial charge in [0, 0.05) is 11.1 Å². The van der Waals surface area contributed by atoms with E-state index in [9.17, 15) is 5.11 Å². The van der Waals surface area contributed by atoms with E-state index in [1.807, 2.05) is 34.6 Å². The predicted octanol–water partition coefficient (Wildman–Crippen LogP) is 0.848. The fourth-order valence-electron chi connectivity index (χ4n) is 0.942. The summed E-state index contributed by atoms with van der Waals surface area (Å²) in [6.45, 7) is 9.62. The first-order chi connectivity index (χ1) is 5.55. The maximum Gasteiger partial charge on any atom is 0.0717 e. The molecule has 0 aliphatic carbocycles. The van der Waals surface area contributed by atoms with Crippen LogP contribution in [0.25, 0.3) is 0 Å². The molecule has 0 aromatic carbocycles. The van der Waals surface area contributed by atoms with Gasteiger partial charge in [-0.25, -0.2) is 0 Å². The Bertz CT molecular complexity index is 137. The molecule has 3 heteroatoms. The van der Waals surface area contributed by atoms with Crippen molar-refractivity contribution < 1.29 is 5.11 Å². The van der Waals surface area contributed by atoms with Crippen molar-refractivity contribution in [3.05, 3.63) is 0 Å². The average molecular weight is 188 g/mol. The van der Waals surface area contributed by atoms with E-state index in [4.69, 9.17) is 11.5 Å². The van der Waals surface area contributed by atoms with Crippen molar-refractivity contribution in [2.75, 3.05) is 0 Å².